The zero-order valence-corrected chi connectivity index (χ0v) is 11.3. The fraction of sp³-hybridized carbons (Fsp3) is 0.467. The predicted molar refractivity (Wildman–Crippen MR) is 75.0 cm³/mol. The second-order valence-electron chi connectivity index (χ2n) is 4.25. The summed E-state index contributed by atoms with van der Waals surface area (Å²) >= 11 is 0. The van der Waals surface area contributed by atoms with Gasteiger partial charge in [-0.05, 0) is 30.7 Å². The van der Waals surface area contributed by atoms with Gasteiger partial charge in [-0.1, -0.05) is 24.8 Å². The summed E-state index contributed by atoms with van der Waals surface area (Å²) in [6.45, 7) is 4.89. The molecule has 0 bridgehead atoms. The summed E-state index contributed by atoms with van der Waals surface area (Å²) in [5, 5.41) is 8.87. The molecule has 1 aromatic carbocycles. The average molecular weight is 264 g/mol. The van der Waals surface area contributed by atoms with Crippen molar-refractivity contribution in [2.24, 2.45) is 5.73 Å². The molecule has 0 radical (unpaired) electrons. The third kappa shape index (κ3) is 5.39. The number of aliphatic hydroxyl groups excluding tert-OH is 1. The largest absolute Gasteiger partial charge is 0.396 e. The maximum absolute atomic E-state index is 13.3. The van der Waals surface area contributed by atoms with Gasteiger partial charge in [-0.25, -0.2) is 4.39 Å². The van der Waals surface area contributed by atoms with Gasteiger partial charge in [-0.2, -0.15) is 0 Å². The zero-order chi connectivity index (χ0) is 14.1. The van der Waals surface area contributed by atoms with Crippen molar-refractivity contribution in [2.75, 3.05) is 26.2 Å². The lowest BCUT2D eigenvalue weighted by Crippen LogP contribution is -2.25. The van der Waals surface area contributed by atoms with Crippen LogP contribution in [0.4, 0.5) is 4.39 Å². The first-order chi connectivity index (χ1) is 9.21. The molecule has 3 N–H and O–H groups in total. The smallest absolute Gasteiger partial charge is 0.124 e. The summed E-state index contributed by atoms with van der Waals surface area (Å²) in [5.74, 6) is 5.38. The van der Waals surface area contributed by atoms with Gasteiger partial charge in [0.1, 0.15) is 5.82 Å². The lowest BCUT2D eigenvalue weighted by molar-refractivity contribution is 0.225. The molecule has 1 aromatic rings. The van der Waals surface area contributed by atoms with Crippen LogP contribution in [0.5, 0.6) is 0 Å². The van der Waals surface area contributed by atoms with Gasteiger partial charge in [0.15, 0.2) is 0 Å². The first kappa shape index (κ1) is 15.6. The number of benzene rings is 1. The lowest BCUT2D eigenvalue weighted by atomic mass is 10.1. The van der Waals surface area contributed by atoms with Gasteiger partial charge in [-0.15, -0.1) is 0 Å². The standard InChI is InChI=1S/C15H21FN2O/c1-2-18(9-4-10-19)12-14-6-7-15(16)11-13(14)5-3-8-17/h6-7,11,19H,2,4,8-10,12,17H2,1H3. The van der Waals surface area contributed by atoms with Crippen LogP contribution in [0.3, 0.4) is 0 Å². The molecule has 19 heavy (non-hydrogen) atoms. The Morgan fingerprint density at radius 3 is 2.84 bits per heavy atom. The molecule has 0 saturated carbocycles. The van der Waals surface area contributed by atoms with Crippen LogP contribution < -0.4 is 5.73 Å². The zero-order valence-electron chi connectivity index (χ0n) is 11.3. The van der Waals surface area contributed by atoms with Crippen molar-refractivity contribution in [3.63, 3.8) is 0 Å². The monoisotopic (exact) mass is 264 g/mol. The van der Waals surface area contributed by atoms with Crippen LogP contribution in [0.2, 0.25) is 0 Å². The Morgan fingerprint density at radius 2 is 2.21 bits per heavy atom. The molecule has 3 nitrogen and oxygen atoms in total. The van der Waals surface area contributed by atoms with E-state index >= 15 is 0 Å². The number of nitrogens with two attached hydrogens (primary N) is 1. The van der Waals surface area contributed by atoms with Crippen LogP contribution in [0.25, 0.3) is 0 Å². The normalized spacial score (nSPS) is 10.4. The Hall–Kier alpha value is -1.41. The van der Waals surface area contributed by atoms with Gasteiger partial charge in [0, 0.05) is 25.3 Å². The maximum atomic E-state index is 13.3. The van der Waals surface area contributed by atoms with Gasteiger partial charge in [0.05, 0.1) is 6.54 Å². The number of aliphatic hydroxyl groups is 1. The number of halogens is 1. The predicted octanol–water partition coefficient (Wildman–Crippen LogP) is 1.34. The van der Waals surface area contributed by atoms with Crippen molar-refractivity contribution in [2.45, 2.75) is 19.9 Å². The first-order valence-electron chi connectivity index (χ1n) is 6.51. The molecule has 0 atom stereocenters. The van der Waals surface area contributed by atoms with E-state index in [1.807, 2.05) is 0 Å². The lowest BCUT2D eigenvalue weighted by Gasteiger charge is -2.20. The molecule has 0 fully saturated rings. The van der Waals surface area contributed by atoms with Crippen molar-refractivity contribution in [3.8, 4) is 11.8 Å². The van der Waals surface area contributed by atoms with E-state index in [2.05, 4.69) is 23.7 Å². The minimum atomic E-state index is -0.288. The number of hydrogen-bond donors (Lipinski definition) is 2. The Kier molecular flexibility index (Phi) is 7.12. The van der Waals surface area contributed by atoms with Crippen molar-refractivity contribution >= 4 is 0 Å². The molecule has 0 unspecified atom stereocenters. The molecule has 0 amide bonds. The Balaban J connectivity index is 2.86. The van der Waals surface area contributed by atoms with Crippen molar-refractivity contribution in [1.29, 1.82) is 0 Å². The van der Waals surface area contributed by atoms with Gasteiger partial charge >= 0.3 is 0 Å². The fourth-order valence-corrected chi connectivity index (χ4v) is 1.83. The third-order valence-electron chi connectivity index (χ3n) is 2.87. The van der Waals surface area contributed by atoms with Gasteiger partial charge in [0.2, 0.25) is 0 Å². The summed E-state index contributed by atoms with van der Waals surface area (Å²) in [4.78, 5) is 2.19. The highest BCUT2D eigenvalue weighted by Gasteiger charge is 2.07. The summed E-state index contributed by atoms with van der Waals surface area (Å²) in [6, 6.07) is 4.65. The van der Waals surface area contributed by atoms with Crippen LogP contribution in [0, 0.1) is 17.7 Å². The Morgan fingerprint density at radius 1 is 1.42 bits per heavy atom. The number of rotatable bonds is 6. The van der Waals surface area contributed by atoms with E-state index in [1.54, 1.807) is 6.07 Å². The van der Waals surface area contributed by atoms with E-state index in [0.29, 0.717) is 12.1 Å². The van der Waals surface area contributed by atoms with Crippen molar-refractivity contribution in [3.05, 3.63) is 35.1 Å². The van der Waals surface area contributed by atoms with Crippen LogP contribution in [-0.2, 0) is 6.54 Å². The topological polar surface area (TPSA) is 49.5 Å². The highest BCUT2D eigenvalue weighted by Crippen LogP contribution is 2.13. The third-order valence-corrected chi connectivity index (χ3v) is 2.87. The molecule has 0 spiro atoms. The average Bonchev–Trinajstić information content (AvgIpc) is 2.43. The van der Waals surface area contributed by atoms with Gasteiger partial charge in [-0.3, -0.25) is 4.90 Å². The molecule has 0 aliphatic heterocycles. The minimum absolute atomic E-state index is 0.180. The molecule has 0 aromatic heterocycles. The fourth-order valence-electron chi connectivity index (χ4n) is 1.83. The van der Waals surface area contributed by atoms with Gasteiger partial charge < -0.3 is 10.8 Å². The molecule has 1 rings (SSSR count). The summed E-state index contributed by atoms with van der Waals surface area (Å²) in [7, 11) is 0. The van der Waals surface area contributed by atoms with Crippen molar-refractivity contribution < 1.29 is 9.50 Å². The summed E-state index contributed by atoms with van der Waals surface area (Å²) in [6.07, 6.45) is 0.735. The van der Waals surface area contributed by atoms with Crippen LogP contribution in [0.1, 0.15) is 24.5 Å². The second kappa shape index (κ2) is 8.65. The SMILES string of the molecule is CCN(CCCO)Cc1ccc(F)cc1C#CCN. The maximum Gasteiger partial charge on any atom is 0.124 e. The molecular formula is C15H21FN2O. The molecule has 4 heteroatoms. The summed E-state index contributed by atoms with van der Waals surface area (Å²) in [5.41, 5.74) is 7.03. The van der Waals surface area contributed by atoms with Gasteiger partial charge in [0.25, 0.3) is 0 Å². The molecule has 0 aliphatic carbocycles. The molecular weight excluding hydrogens is 243 g/mol. The van der Waals surface area contributed by atoms with E-state index in [9.17, 15) is 4.39 Å². The minimum Gasteiger partial charge on any atom is -0.396 e. The number of nitrogens with zero attached hydrogens (tertiary/aromatic N) is 1. The highest BCUT2D eigenvalue weighted by atomic mass is 19.1. The molecule has 104 valence electrons. The molecule has 0 heterocycles. The quantitative estimate of drug-likeness (QED) is 0.762. The van der Waals surface area contributed by atoms with Crippen LogP contribution >= 0.6 is 0 Å². The van der Waals surface area contributed by atoms with E-state index in [-0.39, 0.29) is 19.0 Å². The van der Waals surface area contributed by atoms with Crippen LogP contribution in [-0.4, -0.2) is 36.2 Å². The van der Waals surface area contributed by atoms with Crippen molar-refractivity contribution in [1.82, 2.24) is 4.90 Å². The highest BCUT2D eigenvalue weighted by molar-refractivity contribution is 5.41. The Bertz CT molecular complexity index is 451. The number of hydrogen-bond acceptors (Lipinski definition) is 3. The Labute approximate surface area is 114 Å². The van der Waals surface area contributed by atoms with E-state index in [1.165, 1.54) is 12.1 Å². The summed E-state index contributed by atoms with van der Waals surface area (Å²) < 4.78 is 13.3. The van der Waals surface area contributed by atoms with E-state index < -0.39 is 0 Å². The van der Waals surface area contributed by atoms with Crippen LogP contribution in [0.15, 0.2) is 18.2 Å². The molecule has 0 aliphatic rings. The first-order valence-corrected chi connectivity index (χ1v) is 6.51. The molecule has 0 saturated heterocycles. The van der Waals surface area contributed by atoms with E-state index in [0.717, 1.165) is 25.1 Å². The second-order valence-corrected chi connectivity index (χ2v) is 4.25. The van der Waals surface area contributed by atoms with E-state index in [4.69, 9.17) is 10.8 Å².